The molecule has 19 heavy (non-hydrogen) atoms. The minimum absolute atomic E-state index is 0.540. The summed E-state index contributed by atoms with van der Waals surface area (Å²) in [4.78, 5) is 0. The molecule has 2 aromatic carbocycles. The standard InChI is InChI=1S/C16H13ClN2/c17-15-6-5-11(9-18)7-16(15)19-10-13-8-12-3-1-2-4-14(12)13/h1-7,13,19H,8,10H2. The van der Waals surface area contributed by atoms with Crippen LogP contribution in [-0.4, -0.2) is 6.54 Å². The van der Waals surface area contributed by atoms with E-state index in [1.807, 2.05) is 0 Å². The van der Waals surface area contributed by atoms with Crippen molar-refractivity contribution in [3.63, 3.8) is 0 Å². The summed E-state index contributed by atoms with van der Waals surface area (Å²) in [5, 5.41) is 12.9. The molecule has 2 aromatic rings. The van der Waals surface area contributed by atoms with Crippen LogP contribution in [0.25, 0.3) is 0 Å². The molecule has 0 saturated heterocycles. The van der Waals surface area contributed by atoms with Crippen LogP contribution in [0.2, 0.25) is 5.02 Å². The highest BCUT2D eigenvalue weighted by atomic mass is 35.5. The van der Waals surface area contributed by atoms with Gasteiger partial charge in [-0.1, -0.05) is 35.9 Å². The second-order valence-corrected chi connectivity index (χ2v) is 5.19. The van der Waals surface area contributed by atoms with Gasteiger partial charge in [-0.2, -0.15) is 5.26 Å². The summed E-state index contributed by atoms with van der Waals surface area (Å²) < 4.78 is 0. The molecule has 0 bridgehead atoms. The molecule has 0 aliphatic heterocycles. The van der Waals surface area contributed by atoms with Gasteiger partial charge in [0, 0.05) is 12.5 Å². The van der Waals surface area contributed by atoms with E-state index in [0.717, 1.165) is 18.7 Å². The van der Waals surface area contributed by atoms with Gasteiger partial charge in [0.25, 0.3) is 0 Å². The number of nitrogens with zero attached hydrogens (tertiary/aromatic N) is 1. The van der Waals surface area contributed by atoms with E-state index in [2.05, 4.69) is 35.7 Å². The maximum atomic E-state index is 8.90. The van der Waals surface area contributed by atoms with Crippen LogP contribution in [0.5, 0.6) is 0 Å². The number of benzene rings is 2. The Balaban J connectivity index is 1.70. The van der Waals surface area contributed by atoms with Crippen molar-refractivity contribution in [2.75, 3.05) is 11.9 Å². The molecule has 0 saturated carbocycles. The number of fused-ring (bicyclic) bond motifs is 1. The Hall–Kier alpha value is -1.98. The van der Waals surface area contributed by atoms with E-state index in [0.29, 0.717) is 16.5 Å². The summed E-state index contributed by atoms with van der Waals surface area (Å²) in [5.74, 6) is 0.540. The van der Waals surface area contributed by atoms with E-state index in [9.17, 15) is 0 Å². The zero-order valence-corrected chi connectivity index (χ0v) is 11.1. The molecule has 1 unspecified atom stereocenters. The number of hydrogen-bond donors (Lipinski definition) is 1. The lowest BCUT2D eigenvalue weighted by Gasteiger charge is -2.30. The normalized spacial score (nSPS) is 16.1. The highest BCUT2D eigenvalue weighted by Crippen LogP contribution is 2.35. The van der Waals surface area contributed by atoms with E-state index in [4.69, 9.17) is 16.9 Å². The first kappa shape index (κ1) is 12.1. The molecular formula is C16H13ClN2. The van der Waals surface area contributed by atoms with Crippen LogP contribution in [-0.2, 0) is 6.42 Å². The third-order valence-corrected chi connectivity index (χ3v) is 3.93. The van der Waals surface area contributed by atoms with Crippen LogP contribution in [0.3, 0.4) is 0 Å². The molecule has 3 rings (SSSR count). The quantitative estimate of drug-likeness (QED) is 0.914. The summed E-state index contributed by atoms with van der Waals surface area (Å²) >= 11 is 6.13. The third kappa shape index (κ3) is 2.30. The van der Waals surface area contributed by atoms with Crippen molar-refractivity contribution in [3.8, 4) is 6.07 Å². The Morgan fingerprint density at radius 3 is 2.89 bits per heavy atom. The van der Waals surface area contributed by atoms with Gasteiger partial charge in [0.1, 0.15) is 0 Å². The molecule has 0 spiro atoms. The highest BCUT2D eigenvalue weighted by Gasteiger charge is 2.24. The van der Waals surface area contributed by atoms with Gasteiger partial charge in [-0.25, -0.2) is 0 Å². The summed E-state index contributed by atoms with van der Waals surface area (Å²) in [7, 11) is 0. The van der Waals surface area contributed by atoms with Crippen LogP contribution >= 0.6 is 11.6 Å². The smallest absolute Gasteiger partial charge is 0.0992 e. The number of rotatable bonds is 3. The van der Waals surface area contributed by atoms with Gasteiger partial charge in [0.15, 0.2) is 0 Å². The molecule has 94 valence electrons. The Bertz CT molecular complexity index is 658. The Morgan fingerprint density at radius 1 is 1.26 bits per heavy atom. The fraction of sp³-hybridized carbons (Fsp3) is 0.188. The molecule has 1 aliphatic rings. The second kappa shape index (κ2) is 4.95. The number of nitrogens with one attached hydrogen (secondary N) is 1. The predicted molar refractivity (Wildman–Crippen MR) is 77.5 cm³/mol. The van der Waals surface area contributed by atoms with Crippen LogP contribution in [0.1, 0.15) is 22.6 Å². The van der Waals surface area contributed by atoms with E-state index >= 15 is 0 Å². The first-order chi connectivity index (χ1) is 9.28. The molecule has 0 radical (unpaired) electrons. The molecule has 1 atom stereocenters. The fourth-order valence-electron chi connectivity index (χ4n) is 2.51. The molecule has 0 fully saturated rings. The van der Waals surface area contributed by atoms with Crippen LogP contribution in [0.4, 0.5) is 5.69 Å². The molecular weight excluding hydrogens is 256 g/mol. The minimum atomic E-state index is 0.540. The number of nitriles is 1. The fourth-order valence-corrected chi connectivity index (χ4v) is 2.69. The van der Waals surface area contributed by atoms with E-state index < -0.39 is 0 Å². The van der Waals surface area contributed by atoms with Gasteiger partial charge in [0.2, 0.25) is 0 Å². The maximum absolute atomic E-state index is 8.90. The van der Waals surface area contributed by atoms with Crippen molar-refractivity contribution >= 4 is 17.3 Å². The molecule has 0 heterocycles. The highest BCUT2D eigenvalue weighted by molar-refractivity contribution is 6.33. The number of halogens is 1. The number of anilines is 1. The Morgan fingerprint density at radius 2 is 2.11 bits per heavy atom. The topological polar surface area (TPSA) is 35.8 Å². The lowest BCUT2D eigenvalue weighted by Crippen LogP contribution is -2.24. The van der Waals surface area contributed by atoms with Crippen LogP contribution in [0, 0.1) is 11.3 Å². The third-order valence-electron chi connectivity index (χ3n) is 3.60. The molecule has 1 aliphatic carbocycles. The zero-order chi connectivity index (χ0) is 13.2. The summed E-state index contributed by atoms with van der Waals surface area (Å²) in [6, 6.07) is 15.9. The molecule has 3 heteroatoms. The maximum Gasteiger partial charge on any atom is 0.0992 e. The first-order valence-corrected chi connectivity index (χ1v) is 6.67. The second-order valence-electron chi connectivity index (χ2n) is 4.79. The monoisotopic (exact) mass is 268 g/mol. The molecule has 1 N–H and O–H groups in total. The van der Waals surface area contributed by atoms with Gasteiger partial charge in [-0.05, 0) is 35.7 Å². The van der Waals surface area contributed by atoms with Crippen LogP contribution in [0.15, 0.2) is 42.5 Å². The van der Waals surface area contributed by atoms with Gasteiger partial charge >= 0.3 is 0 Å². The van der Waals surface area contributed by atoms with E-state index in [-0.39, 0.29) is 0 Å². The largest absolute Gasteiger partial charge is 0.383 e. The lowest BCUT2D eigenvalue weighted by atomic mass is 9.77. The average Bonchev–Trinajstić information content (AvgIpc) is 2.42. The summed E-state index contributed by atoms with van der Waals surface area (Å²) in [6.07, 6.45) is 1.11. The van der Waals surface area contributed by atoms with Gasteiger partial charge in [-0.15, -0.1) is 0 Å². The summed E-state index contributed by atoms with van der Waals surface area (Å²) in [5.41, 5.74) is 4.32. The van der Waals surface area contributed by atoms with Crippen molar-refractivity contribution in [2.45, 2.75) is 12.3 Å². The predicted octanol–water partition coefficient (Wildman–Crippen LogP) is 3.96. The van der Waals surface area contributed by atoms with Gasteiger partial charge in [0.05, 0.1) is 22.3 Å². The van der Waals surface area contributed by atoms with Crippen molar-refractivity contribution in [2.24, 2.45) is 0 Å². The SMILES string of the molecule is N#Cc1ccc(Cl)c(NCC2Cc3ccccc32)c1. The molecule has 2 nitrogen and oxygen atoms in total. The number of hydrogen-bond acceptors (Lipinski definition) is 2. The van der Waals surface area contributed by atoms with Crippen molar-refractivity contribution < 1.29 is 0 Å². The van der Waals surface area contributed by atoms with Crippen molar-refractivity contribution in [1.82, 2.24) is 0 Å². The van der Waals surface area contributed by atoms with Crippen molar-refractivity contribution in [3.05, 3.63) is 64.2 Å². The van der Waals surface area contributed by atoms with Crippen molar-refractivity contribution in [1.29, 1.82) is 5.26 Å². The first-order valence-electron chi connectivity index (χ1n) is 6.29. The van der Waals surface area contributed by atoms with Crippen LogP contribution < -0.4 is 5.32 Å². The zero-order valence-electron chi connectivity index (χ0n) is 10.4. The van der Waals surface area contributed by atoms with E-state index in [1.54, 1.807) is 18.2 Å². The summed E-state index contributed by atoms with van der Waals surface area (Å²) in [6.45, 7) is 0.853. The molecule has 0 aromatic heterocycles. The lowest BCUT2D eigenvalue weighted by molar-refractivity contribution is 0.636. The minimum Gasteiger partial charge on any atom is -0.383 e. The Kier molecular flexibility index (Phi) is 3.15. The van der Waals surface area contributed by atoms with E-state index in [1.165, 1.54) is 11.1 Å². The average molecular weight is 269 g/mol. The van der Waals surface area contributed by atoms with Gasteiger partial charge < -0.3 is 5.32 Å². The molecule has 0 amide bonds. The van der Waals surface area contributed by atoms with Gasteiger partial charge in [-0.3, -0.25) is 0 Å². The Labute approximate surface area is 117 Å².